The molecule has 1 amide bonds. The van der Waals surface area contributed by atoms with Gasteiger partial charge in [-0.2, -0.15) is 4.98 Å². The van der Waals surface area contributed by atoms with Crippen LogP contribution in [0.5, 0.6) is 5.75 Å². The second-order valence-corrected chi connectivity index (χ2v) is 13.9. The molecule has 3 aromatic rings. The monoisotopic (exact) mass is 761 g/mol. The molecular weight excluding hydrogens is 705 g/mol. The van der Waals surface area contributed by atoms with Gasteiger partial charge >= 0.3 is 0 Å². The summed E-state index contributed by atoms with van der Waals surface area (Å²) in [4.78, 5) is 28.0. The highest BCUT2D eigenvalue weighted by atomic mass is 35.5. The van der Waals surface area contributed by atoms with Gasteiger partial charge in [-0.05, 0) is 87.2 Å². The van der Waals surface area contributed by atoms with Crippen molar-refractivity contribution in [2.75, 3.05) is 36.4 Å². The first-order valence-electron chi connectivity index (χ1n) is 18.5. The smallest absolute Gasteiger partial charge is 0.237 e. The number of nitrogens with zero attached hydrogens (tertiary/aromatic N) is 4. The molecule has 2 unspecified atom stereocenters. The first kappa shape index (κ1) is 42.6. The summed E-state index contributed by atoms with van der Waals surface area (Å²) in [6.07, 6.45) is 17.0. The molecule has 1 aliphatic carbocycles. The molecule has 3 atom stereocenters. The lowest BCUT2D eigenvalue weighted by Gasteiger charge is -2.47. The lowest BCUT2D eigenvalue weighted by atomic mass is 9.87. The maximum Gasteiger partial charge on any atom is 0.237 e. The van der Waals surface area contributed by atoms with Crippen LogP contribution in [0.4, 0.5) is 11.8 Å². The Labute approximate surface area is 323 Å². The van der Waals surface area contributed by atoms with Gasteiger partial charge < -0.3 is 26.0 Å². The molecule has 0 bridgehead atoms. The van der Waals surface area contributed by atoms with Crippen LogP contribution in [0, 0.1) is 0 Å². The number of carbonyl (C=O) groups is 1. The zero-order chi connectivity index (χ0) is 33.0. The minimum Gasteiger partial charge on any atom is -0.489 e. The van der Waals surface area contributed by atoms with E-state index in [9.17, 15) is 4.79 Å². The van der Waals surface area contributed by atoms with Gasteiger partial charge in [-0.1, -0.05) is 74.6 Å². The Balaban J connectivity index is 0.00000234. The summed E-state index contributed by atoms with van der Waals surface area (Å²) in [6.45, 7) is 4.36. The number of nitrogens with one attached hydrogen (secondary N) is 2. The third kappa shape index (κ3) is 12.7. The third-order valence-corrected chi connectivity index (χ3v) is 10.5. The lowest BCUT2D eigenvalue weighted by Crippen LogP contribution is -2.56. The van der Waals surface area contributed by atoms with E-state index in [1.165, 1.54) is 57.8 Å². The van der Waals surface area contributed by atoms with Crippen molar-refractivity contribution in [2.24, 2.45) is 5.73 Å². The molecule has 3 aliphatic rings. The normalized spacial score (nSPS) is 20.4. The number of hydrogen-bond acceptors (Lipinski definition) is 8. The Morgan fingerprint density at radius 3 is 2.25 bits per heavy atom. The second kappa shape index (κ2) is 22.3. The van der Waals surface area contributed by atoms with Gasteiger partial charge in [0.05, 0.1) is 6.04 Å². The molecule has 12 heteroatoms. The van der Waals surface area contributed by atoms with E-state index >= 15 is 0 Å². The van der Waals surface area contributed by atoms with Crippen LogP contribution in [0.3, 0.4) is 0 Å². The number of likely N-dealkylation sites (tertiary alicyclic amines) is 1. The average molecular weight is 763 g/mol. The van der Waals surface area contributed by atoms with E-state index < -0.39 is 6.04 Å². The molecule has 282 valence electrons. The first-order valence-corrected chi connectivity index (χ1v) is 18.5. The fraction of sp³-hybridized carbons (Fsp3) is 0.564. The molecule has 2 aliphatic heterocycles. The fourth-order valence-corrected chi connectivity index (χ4v) is 7.83. The maximum absolute atomic E-state index is 13.2. The highest BCUT2D eigenvalue weighted by molar-refractivity contribution is 5.86. The topological polar surface area (TPSA) is 109 Å². The molecule has 0 spiro atoms. The van der Waals surface area contributed by atoms with E-state index in [2.05, 4.69) is 43.6 Å². The Morgan fingerprint density at radius 1 is 0.824 bits per heavy atom. The summed E-state index contributed by atoms with van der Waals surface area (Å²) in [5.41, 5.74) is 8.56. The third-order valence-electron chi connectivity index (χ3n) is 10.5. The van der Waals surface area contributed by atoms with E-state index in [1.807, 2.05) is 48.7 Å². The quantitative estimate of drug-likeness (QED) is 0.166. The molecule has 2 saturated heterocycles. The number of rotatable bonds is 13. The fourth-order valence-electron chi connectivity index (χ4n) is 7.83. The van der Waals surface area contributed by atoms with Crippen molar-refractivity contribution in [1.82, 2.24) is 20.2 Å². The largest absolute Gasteiger partial charge is 0.489 e. The number of halogens is 3. The van der Waals surface area contributed by atoms with Crippen molar-refractivity contribution in [1.29, 1.82) is 0 Å². The number of ether oxygens (including phenoxy) is 1. The minimum atomic E-state index is -0.606. The Hall–Kier alpha value is -2.82. The number of anilines is 2. The van der Waals surface area contributed by atoms with E-state index in [4.69, 9.17) is 15.5 Å². The van der Waals surface area contributed by atoms with Crippen molar-refractivity contribution < 1.29 is 9.53 Å². The van der Waals surface area contributed by atoms with Gasteiger partial charge in [0.25, 0.3) is 0 Å². The highest BCUT2D eigenvalue weighted by Crippen LogP contribution is 2.31. The average Bonchev–Trinajstić information content (AvgIpc) is 3.43. The summed E-state index contributed by atoms with van der Waals surface area (Å²) in [5.74, 6) is 2.46. The number of nitrogens with two attached hydrogens (primary N) is 1. The van der Waals surface area contributed by atoms with Gasteiger partial charge in [0, 0.05) is 44.0 Å². The predicted molar refractivity (Wildman–Crippen MR) is 215 cm³/mol. The number of hydrogen-bond donors (Lipinski definition) is 3. The molecule has 6 rings (SSSR count). The Kier molecular flexibility index (Phi) is 18.6. The molecule has 1 saturated carbocycles. The predicted octanol–water partition coefficient (Wildman–Crippen LogP) is 7.36. The van der Waals surface area contributed by atoms with Crippen molar-refractivity contribution >= 4 is 54.9 Å². The first-order chi connectivity index (χ1) is 23.6. The molecule has 3 fully saturated rings. The van der Waals surface area contributed by atoms with E-state index in [1.54, 1.807) is 0 Å². The van der Waals surface area contributed by atoms with Crippen LogP contribution in [-0.2, 0) is 17.8 Å². The molecule has 51 heavy (non-hydrogen) atoms. The van der Waals surface area contributed by atoms with Crippen LogP contribution in [0.15, 0.2) is 66.9 Å². The molecule has 4 N–H and O–H groups in total. The Morgan fingerprint density at radius 2 is 1.53 bits per heavy atom. The number of aromatic nitrogens is 2. The number of carbonyl (C=O) groups excluding carboxylic acids is 1. The maximum atomic E-state index is 13.2. The number of benzene rings is 2. The second-order valence-electron chi connectivity index (χ2n) is 13.9. The minimum absolute atomic E-state index is 0. The number of piperidine rings is 1. The number of amides is 1. The van der Waals surface area contributed by atoms with Crippen LogP contribution in [0.1, 0.15) is 88.2 Å². The Bertz CT molecular complexity index is 1410. The van der Waals surface area contributed by atoms with Crippen molar-refractivity contribution in [3.63, 3.8) is 0 Å². The van der Waals surface area contributed by atoms with Crippen molar-refractivity contribution in [3.05, 3.63) is 78.0 Å². The molecule has 1 aromatic heterocycles. The van der Waals surface area contributed by atoms with Gasteiger partial charge in [-0.15, -0.1) is 37.2 Å². The van der Waals surface area contributed by atoms with Crippen LogP contribution >= 0.6 is 37.2 Å². The molecular formula is C39H58Cl3N7O2. The van der Waals surface area contributed by atoms with E-state index in [0.29, 0.717) is 31.7 Å². The van der Waals surface area contributed by atoms with Gasteiger partial charge in [0.1, 0.15) is 18.2 Å². The molecule has 2 aromatic carbocycles. The standard InChI is InChI=1S/C39H55N7O2.3ClH/c40-34(28-30-17-19-33(20-18-30)48-29-31-12-5-3-6-13-31)38(47)41-23-21-36-35(16-11-27-46(36)32-14-7-4-8-15-32)43-39-42-24-22-37(44-39)45-25-9-1-2-10-26-45;;;/h3,5-6,12-13,17-20,22,24,32,34-36H,1-2,4,7-11,14-16,21,23,25-29,40H2,(H,41,47)(H,42,43,44);3*1H/t34-,35?,36?;;;/m1.../s1. The van der Waals surface area contributed by atoms with Gasteiger partial charge in [0.15, 0.2) is 0 Å². The van der Waals surface area contributed by atoms with Gasteiger partial charge in [0.2, 0.25) is 11.9 Å². The summed E-state index contributed by atoms with van der Waals surface area (Å²) in [6, 6.07) is 20.6. The highest BCUT2D eigenvalue weighted by Gasteiger charge is 2.36. The summed E-state index contributed by atoms with van der Waals surface area (Å²) >= 11 is 0. The molecule has 3 heterocycles. The van der Waals surface area contributed by atoms with Gasteiger partial charge in [-0.25, -0.2) is 4.98 Å². The van der Waals surface area contributed by atoms with E-state index in [-0.39, 0.29) is 49.2 Å². The zero-order valence-corrected chi connectivity index (χ0v) is 32.2. The lowest BCUT2D eigenvalue weighted by molar-refractivity contribution is -0.122. The molecule has 0 radical (unpaired) electrons. The van der Waals surface area contributed by atoms with Crippen molar-refractivity contribution in [3.8, 4) is 5.75 Å². The SMILES string of the molecule is Cl.Cl.Cl.N[C@H](Cc1ccc(OCc2ccccc2)cc1)C(=O)NCCC1C(Nc2nccc(N3CCCCCC3)n2)CCCN1C1CCCCC1. The summed E-state index contributed by atoms with van der Waals surface area (Å²) in [5, 5.41) is 6.96. The van der Waals surface area contributed by atoms with Crippen LogP contribution in [-0.4, -0.2) is 71.1 Å². The van der Waals surface area contributed by atoms with Crippen molar-refractivity contribution in [2.45, 2.75) is 114 Å². The van der Waals surface area contributed by atoms with Gasteiger partial charge in [-0.3, -0.25) is 9.69 Å². The van der Waals surface area contributed by atoms with Crippen LogP contribution in [0.2, 0.25) is 0 Å². The summed E-state index contributed by atoms with van der Waals surface area (Å²) < 4.78 is 5.92. The molecule has 9 nitrogen and oxygen atoms in total. The zero-order valence-electron chi connectivity index (χ0n) is 29.8. The van der Waals surface area contributed by atoms with Crippen LogP contribution in [0.25, 0.3) is 0 Å². The van der Waals surface area contributed by atoms with Crippen LogP contribution < -0.4 is 26.0 Å². The summed E-state index contributed by atoms with van der Waals surface area (Å²) in [7, 11) is 0. The van der Waals surface area contributed by atoms with E-state index in [0.717, 1.165) is 67.5 Å².